The molecule has 1 aromatic carbocycles. The van der Waals surface area contributed by atoms with Crippen molar-refractivity contribution in [3.05, 3.63) is 47.4 Å². The number of hydrogen-bond donors (Lipinski definition) is 1. The molecule has 100 valence electrons. The Bertz CT molecular complexity index is 528. The van der Waals surface area contributed by atoms with Crippen LogP contribution < -0.4 is 10.1 Å². The molecular formula is C14H16ClN3O. The Labute approximate surface area is 117 Å². The van der Waals surface area contributed by atoms with Crippen molar-refractivity contribution in [1.29, 1.82) is 0 Å². The molecule has 2 aromatic rings. The van der Waals surface area contributed by atoms with Gasteiger partial charge in [-0.1, -0.05) is 31.5 Å². The molecule has 1 N–H and O–H groups in total. The summed E-state index contributed by atoms with van der Waals surface area (Å²) in [6, 6.07) is 7.59. The molecule has 0 spiro atoms. The number of benzene rings is 1. The monoisotopic (exact) mass is 277 g/mol. The summed E-state index contributed by atoms with van der Waals surface area (Å²) >= 11 is 5.88. The normalized spacial score (nSPS) is 10.7. The minimum atomic E-state index is 0.421. The van der Waals surface area contributed by atoms with Crippen LogP contribution in [0.15, 0.2) is 36.7 Å². The molecule has 0 radical (unpaired) electrons. The largest absolute Gasteiger partial charge is 0.437 e. The van der Waals surface area contributed by atoms with Crippen molar-refractivity contribution >= 4 is 11.6 Å². The molecule has 0 atom stereocenters. The number of aromatic nitrogens is 2. The molecule has 0 fully saturated rings. The second-order valence-electron chi connectivity index (χ2n) is 4.44. The van der Waals surface area contributed by atoms with Crippen molar-refractivity contribution in [2.75, 3.05) is 0 Å². The smallest absolute Gasteiger partial charge is 0.237 e. The van der Waals surface area contributed by atoms with Crippen molar-refractivity contribution < 1.29 is 4.74 Å². The van der Waals surface area contributed by atoms with Crippen LogP contribution in [0.25, 0.3) is 0 Å². The van der Waals surface area contributed by atoms with Crippen LogP contribution in [0, 0.1) is 0 Å². The molecule has 0 aliphatic carbocycles. The Morgan fingerprint density at radius 2 is 2.11 bits per heavy atom. The highest BCUT2D eigenvalue weighted by atomic mass is 35.5. The second kappa shape index (κ2) is 6.50. The minimum absolute atomic E-state index is 0.421. The van der Waals surface area contributed by atoms with Crippen LogP contribution in [0.4, 0.5) is 0 Å². The number of ether oxygens (including phenoxy) is 1. The van der Waals surface area contributed by atoms with E-state index in [0.29, 0.717) is 29.2 Å². The van der Waals surface area contributed by atoms with Crippen LogP contribution in [0.3, 0.4) is 0 Å². The Hall–Kier alpha value is -1.65. The molecule has 0 unspecified atom stereocenters. The van der Waals surface area contributed by atoms with E-state index in [2.05, 4.69) is 29.1 Å². The highest BCUT2D eigenvalue weighted by Gasteiger charge is 2.02. The lowest BCUT2D eigenvalue weighted by molar-refractivity contribution is 0.458. The van der Waals surface area contributed by atoms with Crippen LogP contribution >= 0.6 is 11.6 Å². The number of halogens is 1. The molecule has 0 aliphatic heterocycles. The average Bonchev–Trinajstić information content (AvgIpc) is 2.38. The number of hydrogen-bond acceptors (Lipinski definition) is 4. The molecule has 0 bridgehead atoms. The van der Waals surface area contributed by atoms with E-state index in [1.165, 1.54) is 0 Å². The van der Waals surface area contributed by atoms with E-state index in [9.17, 15) is 0 Å². The van der Waals surface area contributed by atoms with Gasteiger partial charge in [0, 0.05) is 17.6 Å². The van der Waals surface area contributed by atoms with Gasteiger partial charge in [0.2, 0.25) is 5.88 Å². The molecule has 4 nitrogen and oxygen atoms in total. The first-order chi connectivity index (χ1) is 9.13. The summed E-state index contributed by atoms with van der Waals surface area (Å²) in [5.74, 6) is 1.10. The minimum Gasteiger partial charge on any atom is -0.437 e. The molecule has 1 heterocycles. The first-order valence-electron chi connectivity index (χ1n) is 6.11. The lowest BCUT2D eigenvalue weighted by atomic mass is 10.3. The molecule has 0 amide bonds. The maximum atomic E-state index is 5.88. The second-order valence-corrected chi connectivity index (χ2v) is 4.88. The summed E-state index contributed by atoms with van der Waals surface area (Å²) < 4.78 is 5.56. The van der Waals surface area contributed by atoms with E-state index in [0.717, 1.165) is 5.69 Å². The zero-order chi connectivity index (χ0) is 13.7. The molecule has 5 heteroatoms. The van der Waals surface area contributed by atoms with Crippen molar-refractivity contribution in [3.8, 4) is 11.6 Å². The van der Waals surface area contributed by atoms with Gasteiger partial charge in [0.1, 0.15) is 5.75 Å². The summed E-state index contributed by atoms with van der Waals surface area (Å²) in [6.07, 6.45) is 3.31. The third-order valence-electron chi connectivity index (χ3n) is 2.39. The fraction of sp³-hybridized carbons (Fsp3) is 0.286. The quantitative estimate of drug-likeness (QED) is 0.910. The van der Waals surface area contributed by atoms with Gasteiger partial charge in [-0.15, -0.1) is 0 Å². The van der Waals surface area contributed by atoms with Gasteiger partial charge in [-0.25, -0.2) is 4.98 Å². The summed E-state index contributed by atoms with van der Waals surface area (Å²) in [6.45, 7) is 4.87. The summed E-state index contributed by atoms with van der Waals surface area (Å²) in [4.78, 5) is 8.50. The van der Waals surface area contributed by atoms with Gasteiger partial charge in [-0.3, -0.25) is 4.98 Å². The fourth-order valence-corrected chi connectivity index (χ4v) is 1.63. The molecule has 0 saturated heterocycles. The molecule has 19 heavy (non-hydrogen) atoms. The van der Waals surface area contributed by atoms with E-state index in [-0.39, 0.29) is 0 Å². The maximum Gasteiger partial charge on any atom is 0.237 e. The van der Waals surface area contributed by atoms with Crippen molar-refractivity contribution in [2.45, 2.75) is 26.4 Å². The van der Waals surface area contributed by atoms with Crippen molar-refractivity contribution in [2.24, 2.45) is 0 Å². The van der Waals surface area contributed by atoms with Crippen LogP contribution in [0.1, 0.15) is 19.5 Å². The number of nitrogens with zero attached hydrogens (tertiary/aromatic N) is 2. The average molecular weight is 278 g/mol. The van der Waals surface area contributed by atoms with Crippen LogP contribution in [0.2, 0.25) is 5.02 Å². The SMILES string of the molecule is CC(C)NCc1cnc(Oc2cccc(Cl)c2)cn1. The Balaban J connectivity index is 1.98. The van der Waals surface area contributed by atoms with Gasteiger partial charge in [0.25, 0.3) is 0 Å². The number of rotatable bonds is 5. The third kappa shape index (κ3) is 4.50. The highest BCUT2D eigenvalue weighted by molar-refractivity contribution is 6.30. The Morgan fingerprint density at radius 3 is 2.74 bits per heavy atom. The summed E-state index contributed by atoms with van der Waals surface area (Å²) in [5.41, 5.74) is 0.882. The van der Waals surface area contributed by atoms with Gasteiger partial charge in [0.05, 0.1) is 18.1 Å². The third-order valence-corrected chi connectivity index (χ3v) is 2.63. The van der Waals surface area contributed by atoms with E-state index in [4.69, 9.17) is 16.3 Å². The lowest BCUT2D eigenvalue weighted by Crippen LogP contribution is -2.22. The summed E-state index contributed by atoms with van der Waals surface area (Å²) in [7, 11) is 0. The number of nitrogens with one attached hydrogen (secondary N) is 1. The van der Waals surface area contributed by atoms with Gasteiger partial charge in [-0.05, 0) is 18.2 Å². The standard InChI is InChI=1S/C14H16ClN3O/c1-10(2)16-7-12-8-18-14(9-17-12)19-13-5-3-4-11(15)6-13/h3-6,8-10,16H,7H2,1-2H3. The molecule has 0 saturated carbocycles. The van der Waals surface area contributed by atoms with Gasteiger partial charge < -0.3 is 10.1 Å². The topological polar surface area (TPSA) is 47.0 Å². The molecule has 0 aliphatic rings. The summed E-state index contributed by atoms with van der Waals surface area (Å²) in [5, 5.41) is 3.91. The zero-order valence-corrected chi connectivity index (χ0v) is 11.7. The Kier molecular flexibility index (Phi) is 4.71. The van der Waals surface area contributed by atoms with E-state index in [1.54, 1.807) is 24.5 Å². The lowest BCUT2D eigenvalue weighted by Gasteiger charge is -2.08. The highest BCUT2D eigenvalue weighted by Crippen LogP contribution is 2.21. The predicted octanol–water partition coefficient (Wildman–Crippen LogP) is 3.42. The van der Waals surface area contributed by atoms with Gasteiger partial charge in [-0.2, -0.15) is 0 Å². The maximum absolute atomic E-state index is 5.88. The predicted molar refractivity (Wildman–Crippen MR) is 75.5 cm³/mol. The van der Waals surface area contributed by atoms with Crippen molar-refractivity contribution in [3.63, 3.8) is 0 Å². The van der Waals surface area contributed by atoms with Gasteiger partial charge >= 0.3 is 0 Å². The van der Waals surface area contributed by atoms with E-state index < -0.39 is 0 Å². The Morgan fingerprint density at radius 1 is 1.26 bits per heavy atom. The first kappa shape index (κ1) is 13.8. The first-order valence-corrected chi connectivity index (χ1v) is 6.49. The molecule has 1 aromatic heterocycles. The van der Waals surface area contributed by atoms with Crippen LogP contribution in [-0.4, -0.2) is 16.0 Å². The van der Waals surface area contributed by atoms with E-state index in [1.807, 2.05) is 12.1 Å². The van der Waals surface area contributed by atoms with Gasteiger partial charge in [0.15, 0.2) is 0 Å². The van der Waals surface area contributed by atoms with E-state index >= 15 is 0 Å². The molecule has 2 rings (SSSR count). The molecular weight excluding hydrogens is 262 g/mol. The zero-order valence-electron chi connectivity index (χ0n) is 10.9. The van der Waals surface area contributed by atoms with Crippen molar-refractivity contribution in [1.82, 2.24) is 15.3 Å². The van der Waals surface area contributed by atoms with Crippen LogP contribution in [-0.2, 0) is 6.54 Å². The van der Waals surface area contributed by atoms with Crippen LogP contribution in [0.5, 0.6) is 11.6 Å². The fourth-order valence-electron chi connectivity index (χ4n) is 1.45.